The van der Waals surface area contributed by atoms with Crippen molar-refractivity contribution in [2.24, 2.45) is 34.5 Å². The normalized spacial score (nSPS) is 35.7. The standard InChI is InChI=1S/C32H35F3N2O2/c1-30-18-16-23-21(12-15-27-31(23,2)19-17-28(38)37(27)20-8-4-3-5-9-20)22(30)13-14-25(30)29(39)36-26-11-7-6-10-24(26)32(33,34)35/h3-11,17,19,21-23,25,27H,12-16,18H2,1-2H3,(H,36,39)/t21-,22-,23-,25+,27+,30-,31+/m0/s1. The maximum Gasteiger partial charge on any atom is 0.418 e. The Labute approximate surface area is 227 Å². The third-order valence-corrected chi connectivity index (χ3v) is 10.7. The molecule has 1 aliphatic heterocycles. The van der Waals surface area contributed by atoms with Crippen LogP contribution in [0.4, 0.5) is 24.5 Å². The molecular formula is C32H35F3N2O2. The summed E-state index contributed by atoms with van der Waals surface area (Å²) in [5.41, 5.74) is -0.468. The van der Waals surface area contributed by atoms with Crippen LogP contribution in [-0.4, -0.2) is 17.9 Å². The number of carbonyl (C=O) groups is 2. The number of hydrogen-bond acceptors (Lipinski definition) is 2. The second kappa shape index (κ2) is 9.24. The number of rotatable bonds is 3. The lowest BCUT2D eigenvalue weighted by Crippen LogP contribution is -2.61. The van der Waals surface area contributed by atoms with Crippen molar-refractivity contribution < 1.29 is 22.8 Å². The number of carbonyl (C=O) groups excluding carboxylic acids is 2. The van der Waals surface area contributed by atoms with Crippen LogP contribution in [0.2, 0.25) is 0 Å². The Morgan fingerprint density at radius 3 is 2.38 bits per heavy atom. The predicted molar refractivity (Wildman–Crippen MR) is 145 cm³/mol. The van der Waals surface area contributed by atoms with Crippen LogP contribution < -0.4 is 10.2 Å². The number of nitrogens with zero attached hydrogens (tertiary/aromatic N) is 1. The van der Waals surface area contributed by atoms with Crippen LogP contribution in [0.5, 0.6) is 0 Å². The average Bonchev–Trinajstić information content (AvgIpc) is 3.26. The number of nitrogens with one attached hydrogen (secondary N) is 1. The average molecular weight is 537 g/mol. The molecule has 3 saturated carbocycles. The summed E-state index contributed by atoms with van der Waals surface area (Å²) in [5, 5.41) is 2.66. The molecule has 2 aromatic rings. The molecule has 39 heavy (non-hydrogen) atoms. The minimum absolute atomic E-state index is 0.0273. The molecule has 4 aliphatic rings. The van der Waals surface area contributed by atoms with Gasteiger partial charge in [0.05, 0.1) is 11.3 Å². The highest BCUT2D eigenvalue weighted by Crippen LogP contribution is 2.65. The number of anilines is 2. The summed E-state index contributed by atoms with van der Waals surface area (Å²) >= 11 is 0. The van der Waals surface area contributed by atoms with E-state index >= 15 is 0 Å². The molecule has 7 atom stereocenters. The van der Waals surface area contributed by atoms with Gasteiger partial charge in [0, 0.05) is 29.1 Å². The van der Waals surface area contributed by atoms with Gasteiger partial charge in [-0.3, -0.25) is 9.59 Å². The molecular weight excluding hydrogens is 501 g/mol. The van der Waals surface area contributed by atoms with E-state index in [2.05, 4.69) is 25.2 Å². The van der Waals surface area contributed by atoms with E-state index in [1.54, 1.807) is 6.08 Å². The van der Waals surface area contributed by atoms with Crippen molar-refractivity contribution >= 4 is 23.2 Å². The van der Waals surface area contributed by atoms with Crippen molar-refractivity contribution in [2.45, 2.75) is 64.6 Å². The fraction of sp³-hybridized carbons (Fsp3) is 0.500. The molecule has 4 nitrogen and oxygen atoms in total. The molecule has 0 spiro atoms. The van der Waals surface area contributed by atoms with Crippen LogP contribution in [0.25, 0.3) is 0 Å². The first kappa shape index (κ1) is 26.1. The summed E-state index contributed by atoms with van der Waals surface area (Å²) in [6.07, 6.45) is 4.63. The first-order valence-electron chi connectivity index (χ1n) is 14.1. The Bertz CT molecular complexity index is 1310. The molecule has 0 bridgehead atoms. The van der Waals surface area contributed by atoms with Gasteiger partial charge >= 0.3 is 6.18 Å². The summed E-state index contributed by atoms with van der Waals surface area (Å²) in [5.74, 6) is 0.546. The molecule has 0 aromatic heterocycles. The summed E-state index contributed by atoms with van der Waals surface area (Å²) < 4.78 is 40.7. The molecule has 3 fully saturated rings. The molecule has 2 amide bonds. The highest BCUT2D eigenvalue weighted by atomic mass is 19.4. The number of para-hydroxylation sites is 2. The van der Waals surface area contributed by atoms with Gasteiger partial charge in [-0.05, 0) is 86.0 Å². The molecule has 0 unspecified atom stereocenters. The SMILES string of the molecule is C[C@]12C=CC(=O)N(c3ccccc3)[C@@H]1CC[C@@H]1[C@@H]2CC[C@]2(C)[C@@H](C(=O)Nc3ccccc3C(F)(F)F)CC[C@@H]12. The van der Waals surface area contributed by atoms with Gasteiger partial charge in [-0.15, -0.1) is 0 Å². The van der Waals surface area contributed by atoms with Gasteiger partial charge < -0.3 is 10.2 Å². The van der Waals surface area contributed by atoms with Crippen molar-refractivity contribution in [1.82, 2.24) is 0 Å². The number of fused-ring (bicyclic) bond motifs is 5. The highest BCUT2D eigenvalue weighted by Gasteiger charge is 2.62. The number of alkyl halides is 3. The highest BCUT2D eigenvalue weighted by molar-refractivity contribution is 6.03. The molecule has 206 valence electrons. The Kier molecular flexibility index (Phi) is 6.20. The quantitative estimate of drug-likeness (QED) is 0.442. The largest absolute Gasteiger partial charge is 0.418 e. The van der Waals surface area contributed by atoms with Crippen LogP contribution in [-0.2, 0) is 15.8 Å². The van der Waals surface area contributed by atoms with Crippen LogP contribution in [0.15, 0.2) is 66.7 Å². The minimum atomic E-state index is -4.53. The lowest BCUT2D eigenvalue weighted by molar-refractivity contribution is -0.137. The van der Waals surface area contributed by atoms with Gasteiger partial charge in [0.1, 0.15) is 0 Å². The van der Waals surface area contributed by atoms with E-state index < -0.39 is 11.7 Å². The lowest BCUT2D eigenvalue weighted by Gasteiger charge is -2.60. The molecule has 2 aromatic carbocycles. The summed E-state index contributed by atoms with van der Waals surface area (Å²) in [6, 6.07) is 15.2. The minimum Gasteiger partial charge on any atom is -0.325 e. The van der Waals surface area contributed by atoms with Crippen molar-refractivity contribution in [2.75, 3.05) is 10.2 Å². The Morgan fingerprint density at radius 1 is 0.923 bits per heavy atom. The van der Waals surface area contributed by atoms with Crippen LogP contribution in [0.1, 0.15) is 57.9 Å². The van der Waals surface area contributed by atoms with Gasteiger partial charge in [-0.25, -0.2) is 0 Å². The van der Waals surface area contributed by atoms with E-state index in [0.29, 0.717) is 24.2 Å². The van der Waals surface area contributed by atoms with E-state index in [-0.39, 0.29) is 40.3 Å². The first-order chi connectivity index (χ1) is 18.5. The van der Waals surface area contributed by atoms with Crippen molar-refractivity contribution in [3.8, 4) is 0 Å². The molecule has 1 N–H and O–H groups in total. The zero-order valence-corrected chi connectivity index (χ0v) is 22.4. The maximum atomic E-state index is 13.6. The molecule has 7 heteroatoms. The second-order valence-corrected chi connectivity index (χ2v) is 12.4. The van der Waals surface area contributed by atoms with Crippen molar-refractivity contribution in [3.63, 3.8) is 0 Å². The Balaban J connectivity index is 1.25. The number of hydrogen-bond donors (Lipinski definition) is 1. The van der Waals surface area contributed by atoms with Crippen LogP contribution >= 0.6 is 0 Å². The number of amides is 2. The van der Waals surface area contributed by atoms with Crippen molar-refractivity contribution in [3.05, 3.63) is 72.3 Å². The van der Waals surface area contributed by atoms with E-state index in [1.807, 2.05) is 35.2 Å². The van der Waals surface area contributed by atoms with E-state index in [0.717, 1.165) is 43.9 Å². The lowest BCUT2D eigenvalue weighted by atomic mass is 9.47. The maximum absolute atomic E-state index is 13.6. The van der Waals surface area contributed by atoms with Crippen LogP contribution in [0, 0.1) is 34.5 Å². The fourth-order valence-electron chi connectivity index (χ4n) is 8.88. The van der Waals surface area contributed by atoms with Gasteiger partial charge in [0.2, 0.25) is 5.91 Å². The smallest absolute Gasteiger partial charge is 0.325 e. The van der Waals surface area contributed by atoms with Gasteiger partial charge in [0.15, 0.2) is 0 Å². The molecule has 0 radical (unpaired) electrons. The zero-order valence-electron chi connectivity index (χ0n) is 22.4. The zero-order chi connectivity index (χ0) is 27.6. The number of halogens is 3. The van der Waals surface area contributed by atoms with Gasteiger partial charge in [-0.2, -0.15) is 13.2 Å². The third-order valence-electron chi connectivity index (χ3n) is 10.7. The van der Waals surface area contributed by atoms with E-state index in [4.69, 9.17) is 0 Å². The topological polar surface area (TPSA) is 49.4 Å². The van der Waals surface area contributed by atoms with Gasteiger partial charge in [-0.1, -0.05) is 50.3 Å². The number of benzene rings is 2. The molecule has 0 saturated heterocycles. The Morgan fingerprint density at radius 2 is 1.64 bits per heavy atom. The summed E-state index contributed by atoms with van der Waals surface area (Å²) in [6.45, 7) is 4.48. The molecule has 6 rings (SSSR count). The first-order valence-corrected chi connectivity index (χ1v) is 14.1. The van der Waals surface area contributed by atoms with E-state index in [9.17, 15) is 22.8 Å². The van der Waals surface area contributed by atoms with E-state index in [1.165, 1.54) is 18.2 Å². The Hall–Kier alpha value is -3.09. The summed E-state index contributed by atoms with van der Waals surface area (Å²) in [4.78, 5) is 28.6. The molecule has 1 heterocycles. The van der Waals surface area contributed by atoms with Crippen molar-refractivity contribution in [1.29, 1.82) is 0 Å². The fourth-order valence-corrected chi connectivity index (χ4v) is 8.88. The van der Waals surface area contributed by atoms with Gasteiger partial charge in [0.25, 0.3) is 5.91 Å². The second-order valence-electron chi connectivity index (χ2n) is 12.4. The molecule has 3 aliphatic carbocycles. The predicted octanol–water partition coefficient (Wildman–Crippen LogP) is 7.47. The summed E-state index contributed by atoms with van der Waals surface area (Å²) in [7, 11) is 0. The monoisotopic (exact) mass is 536 g/mol. The third kappa shape index (κ3) is 4.11. The van der Waals surface area contributed by atoms with Crippen LogP contribution in [0.3, 0.4) is 0 Å².